The molecule has 0 spiro atoms. The first-order valence-electron chi connectivity index (χ1n) is 10.6. The number of para-hydroxylation sites is 1. The van der Waals surface area contributed by atoms with Gasteiger partial charge in [0.2, 0.25) is 0 Å². The Labute approximate surface area is 192 Å². The molecular formula is C30H23NS. The number of rotatable bonds is 6. The molecule has 0 saturated carbocycles. The van der Waals surface area contributed by atoms with E-state index in [1.54, 1.807) is 6.08 Å². The molecule has 4 aromatic carbocycles. The van der Waals surface area contributed by atoms with E-state index in [1.807, 2.05) is 23.5 Å². The maximum atomic E-state index is 3.93. The molecule has 0 N–H and O–H groups in total. The van der Waals surface area contributed by atoms with E-state index in [4.69, 9.17) is 0 Å². The van der Waals surface area contributed by atoms with Crippen LogP contribution >= 0.6 is 11.3 Å². The fourth-order valence-corrected chi connectivity index (χ4v) is 5.18. The summed E-state index contributed by atoms with van der Waals surface area (Å²) in [5.74, 6) is 0. The summed E-state index contributed by atoms with van der Waals surface area (Å²) < 4.78 is 2.63. The van der Waals surface area contributed by atoms with Crippen LogP contribution < -0.4 is 4.90 Å². The molecule has 0 amide bonds. The summed E-state index contributed by atoms with van der Waals surface area (Å²) in [6.07, 6.45) is 5.63. The molecule has 0 unspecified atom stereocenters. The number of benzene rings is 4. The molecule has 0 bridgehead atoms. The quantitative estimate of drug-likeness (QED) is 0.243. The van der Waals surface area contributed by atoms with Crippen molar-refractivity contribution in [3.8, 4) is 0 Å². The van der Waals surface area contributed by atoms with Crippen LogP contribution in [0.25, 0.3) is 25.7 Å². The van der Waals surface area contributed by atoms with Gasteiger partial charge in [-0.25, -0.2) is 0 Å². The Morgan fingerprint density at radius 3 is 2.06 bits per heavy atom. The lowest BCUT2D eigenvalue weighted by Gasteiger charge is -2.26. The van der Waals surface area contributed by atoms with Crippen LogP contribution in [0, 0.1) is 0 Å². The third-order valence-electron chi connectivity index (χ3n) is 5.61. The van der Waals surface area contributed by atoms with Crippen LogP contribution in [0.15, 0.2) is 128 Å². The van der Waals surface area contributed by atoms with Crippen molar-refractivity contribution in [3.63, 3.8) is 0 Å². The Balaban J connectivity index is 1.65. The van der Waals surface area contributed by atoms with Crippen molar-refractivity contribution in [1.82, 2.24) is 0 Å². The highest BCUT2D eigenvalue weighted by Gasteiger charge is 2.14. The Hall–Kier alpha value is -3.88. The van der Waals surface area contributed by atoms with Crippen molar-refractivity contribution in [2.75, 3.05) is 4.90 Å². The second-order valence-electron chi connectivity index (χ2n) is 7.56. The van der Waals surface area contributed by atoms with Crippen LogP contribution in [0.5, 0.6) is 0 Å². The van der Waals surface area contributed by atoms with E-state index in [1.165, 1.54) is 20.2 Å². The molecule has 0 aliphatic carbocycles. The monoisotopic (exact) mass is 429 g/mol. The first-order chi connectivity index (χ1) is 15.8. The normalized spacial score (nSPS) is 11.6. The molecule has 0 aliphatic heterocycles. The zero-order chi connectivity index (χ0) is 21.9. The summed E-state index contributed by atoms with van der Waals surface area (Å²) in [6.45, 7) is 7.74. The van der Waals surface area contributed by atoms with Crippen molar-refractivity contribution >= 4 is 54.1 Å². The van der Waals surface area contributed by atoms with Crippen LogP contribution in [0.3, 0.4) is 0 Å². The van der Waals surface area contributed by atoms with Crippen molar-refractivity contribution in [2.45, 2.75) is 0 Å². The van der Waals surface area contributed by atoms with Crippen LogP contribution in [-0.2, 0) is 0 Å². The minimum atomic E-state index is 1.06. The maximum Gasteiger partial charge on any atom is 0.0468 e. The Morgan fingerprint density at radius 1 is 0.656 bits per heavy atom. The summed E-state index contributed by atoms with van der Waals surface area (Å²) in [7, 11) is 0. The third-order valence-corrected chi connectivity index (χ3v) is 6.76. The van der Waals surface area contributed by atoms with Gasteiger partial charge in [0.25, 0.3) is 0 Å². The number of nitrogens with zero attached hydrogens (tertiary/aromatic N) is 1. The lowest BCUT2D eigenvalue weighted by Crippen LogP contribution is -2.09. The van der Waals surface area contributed by atoms with Gasteiger partial charge >= 0.3 is 0 Å². The predicted molar refractivity (Wildman–Crippen MR) is 142 cm³/mol. The number of hydrogen-bond acceptors (Lipinski definition) is 2. The highest BCUT2D eigenvalue weighted by atomic mass is 32.1. The third kappa shape index (κ3) is 3.66. The minimum absolute atomic E-state index is 1.06. The number of hydrogen-bond donors (Lipinski definition) is 0. The van der Waals surface area contributed by atoms with Gasteiger partial charge in [0.15, 0.2) is 0 Å². The fraction of sp³-hybridized carbons (Fsp3) is 0. The summed E-state index contributed by atoms with van der Waals surface area (Å²) in [4.78, 5) is 2.31. The van der Waals surface area contributed by atoms with Crippen LogP contribution in [0.1, 0.15) is 5.56 Å². The average molecular weight is 430 g/mol. The lowest BCUT2D eigenvalue weighted by atomic mass is 10.0. The Morgan fingerprint density at radius 2 is 1.31 bits per heavy atom. The zero-order valence-electron chi connectivity index (χ0n) is 17.7. The van der Waals surface area contributed by atoms with E-state index in [2.05, 4.69) is 115 Å². The molecule has 1 aromatic heterocycles. The van der Waals surface area contributed by atoms with Gasteiger partial charge in [0.1, 0.15) is 0 Å². The molecule has 0 aliphatic rings. The van der Waals surface area contributed by atoms with E-state index in [-0.39, 0.29) is 0 Å². The van der Waals surface area contributed by atoms with E-state index in [0.29, 0.717) is 0 Å². The van der Waals surface area contributed by atoms with Gasteiger partial charge in [-0.3, -0.25) is 0 Å². The highest BCUT2D eigenvalue weighted by Crippen LogP contribution is 2.40. The van der Waals surface area contributed by atoms with E-state index in [9.17, 15) is 0 Å². The molecule has 0 fully saturated rings. The van der Waals surface area contributed by atoms with Gasteiger partial charge in [-0.15, -0.1) is 11.3 Å². The van der Waals surface area contributed by atoms with E-state index in [0.717, 1.165) is 28.2 Å². The van der Waals surface area contributed by atoms with Gasteiger partial charge in [-0.1, -0.05) is 79.9 Å². The van der Waals surface area contributed by atoms with E-state index < -0.39 is 0 Å². The zero-order valence-corrected chi connectivity index (χ0v) is 18.6. The topological polar surface area (TPSA) is 3.24 Å². The highest BCUT2D eigenvalue weighted by molar-refractivity contribution is 7.25. The molecule has 2 heteroatoms. The van der Waals surface area contributed by atoms with Crippen LogP contribution in [0.2, 0.25) is 0 Å². The minimum Gasteiger partial charge on any atom is -0.310 e. The summed E-state index contributed by atoms with van der Waals surface area (Å²) >= 11 is 1.84. The van der Waals surface area contributed by atoms with Crippen LogP contribution in [0.4, 0.5) is 17.1 Å². The van der Waals surface area contributed by atoms with Crippen LogP contribution in [-0.4, -0.2) is 0 Å². The number of anilines is 3. The molecule has 0 atom stereocenters. The Bertz CT molecular complexity index is 1440. The lowest BCUT2D eigenvalue weighted by molar-refractivity contribution is 1.29. The van der Waals surface area contributed by atoms with Crippen molar-refractivity contribution < 1.29 is 0 Å². The van der Waals surface area contributed by atoms with Gasteiger partial charge < -0.3 is 4.90 Å². The molecule has 0 radical (unpaired) electrons. The summed E-state index contributed by atoms with van der Waals surface area (Å²) in [5, 5.41) is 2.60. The first kappa shape index (κ1) is 20.0. The smallest absolute Gasteiger partial charge is 0.0468 e. The van der Waals surface area contributed by atoms with Gasteiger partial charge in [0, 0.05) is 37.2 Å². The summed E-state index contributed by atoms with van der Waals surface area (Å²) in [5.41, 5.74) is 5.57. The van der Waals surface area contributed by atoms with Gasteiger partial charge in [-0.05, 0) is 59.7 Å². The number of thiophene rings is 1. The maximum absolute atomic E-state index is 3.93. The van der Waals surface area contributed by atoms with Gasteiger partial charge in [0.05, 0.1) is 0 Å². The second-order valence-corrected chi connectivity index (χ2v) is 8.64. The average Bonchev–Trinajstić information content (AvgIpc) is 3.22. The second kappa shape index (κ2) is 8.70. The SMILES string of the molecule is C=C/C=C(\C=C)c1ccc(N(c2ccccc2)c2ccc3sc4ccccc4c3c2)cc1. The van der Waals surface area contributed by atoms with Crippen molar-refractivity contribution in [3.05, 3.63) is 134 Å². The first-order valence-corrected chi connectivity index (χ1v) is 11.4. The standard InChI is InChI=1S/C30H23NS/c1-3-10-22(4-2)23-15-17-25(18-16-23)31(24-11-6-5-7-12-24)26-19-20-30-28(21-26)27-13-8-9-14-29(27)32-30/h3-21H,1-2H2/b22-10+. The van der Waals surface area contributed by atoms with E-state index >= 15 is 0 Å². The molecule has 5 aromatic rings. The summed E-state index contributed by atoms with van der Waals surface area (Å²) in [6, 6.07) is 34.5. The molecule has 1 heterocycles. The predicted octanol–water partition coefficient (Wildman–Crippen LogP) is 9.28. The number of fused-ring (bicyclic) bond motifs is 3. The fourth-order valence-electron chi connectivity index (χ4n) is 4.09. The van der Waals surface area contributed by atoms with Crippen molar-refractivity contribution in [2.24, 2.45) is 0 Å². The largest absolute Gasteiger partial charge is 0.310 e. The molecule has 32 heavy (non-hydrogen) atoms. The molecule has 5 rings (SSSR count). The van der Waals surface area contributed by atoms with Gasteiger partial charge in [-0.2, -0.15) is 0 Å². The molecule has 0 saturated heterocycles. The Kier molecular flexibility index (Phi) is 5.45. The molecule has 1 nitrogen and oxygen atoms in total. The molecule has 154 valence electrons. The van der Waals surface area contributed by atoms with Crippen molar-refractivity contribution in [1.29, 1.82) is 0 Å². The molecular weight excluding hydrogens is 406 g/mol. The number of allylic oxidation sites excluding steroid dienone is 4.